The molecular weight excluding hydrogens is 477 g/mol. The van der Waals surface area contributed by atoms with E-state index in [0.29, 0.717) is 56.7 Å². The molecule has 1 amide bonds. The van der Waals surface area contributed by atoms with E-state index >= 15 is 4.39 Å². The van der Waals surface area contributed by atoms with E-state index in [-0.39, 0.29) is 24.2 Å². The SMILES string of the molecule is COc1cc(CC(=O)N[C@H]2CC[C@](F)(CCN3CCc4ccc(OCC(F)F)nc4CC3)CC2)on1. The van der Waals surface area contributed by atoms with Crippen LogP contribution in [-0.2, 0) is 24.1 Å². The minimum absolute atomic E-state index is 0.0496. The molecule has 1 saturated carbocycles. The number of hydrogen-bond acceptors (Lipinski definition) is 7. The van der Waals surface area contributed by atoms with E-state index in [2.05, 4.69) is 20.4 Å². The van der Waals surface area contributed by atoms with Gasteiger partial charge in [-0.1, -0.05) is 6.07 Å². The molecule has 11 heteroatoms. The van der Waals surface area contributed by atoms with Crippen LogP contribution >= 0.6 is 0 Å². The summed E-state index contributed by atoms with van der Waals surface area (Å²) in [7, 11) is 1.47. The van der Waals surface area contributed by atoms with Gasteiger partial charge in [0.05, 0.1) is 13.5 Å². The first kappa shape index (κ1) is 26.2. The summed E-state index contributed by atoms with van der Waals surface area (Å²) < 4.78 is 55.4. The average Bonchev–Trinajstić information content (AvgIpc) is 3.21. The van der Waals surface area contributed by atoms with Crippen LogP contribution in [0.25, 0.3) is 0 Å². The van der Waals surface area contributed by atoms with Crippen LogP contribution in [0.2, 0.25) is 0 Å². The molecule has 1 fully saturated rings. The van der Waals surface area contributed by atoms with Gasteiger partial charge in [-0.2, -0.15) is 0 Å². The van der Waals surface area contributed by atoms with Gasteiger partial charge in [0.1, 0.15) is 11.4 Å². The zero-order valence-electron chi connectivity index (χ0n) is 20.5. The number of carbonyl (C=O) groups excluding carboxylic acids is 1. The Morgan fingerprint density at radius 1 is 1.25 bits per heavy atom. The normalized spacial score (nSPS) is 22.6. The monoisotopic (exact) mass is 510 g/mol. The lowest BCUT2D eigenvalue weighted by molar-refractivity contribution is -0.121. The average molecular weight is 511 g/mol. The fourth-order valence-electron chi connectivity index (χ4n) is 4.86. The summed E-state index contributed by atoms with van der Waals surface area (Å²) in [6.45, 7) is 1.51. The van der Waals surface area contributed by atoms with Gasteiger partial charge < -0.3 is 24.2 Å². The molecule has 1 aliphatic heterocycles. The molecule has 8 nitrogen and oxygen atoms in total. The largest absolute Gasteiger partial charge is 0.479 e. The van der Waals surface area contributed by atoms with Crippen molar-refractivity contribution < 1.29 is 32.0 Å². The third kappa shape index (κ3) is 7.35. The Bertz CT molecular complexity index is 1010. The number of fused-ring (bicyclic) bond motifs is 1. The van der Waals surface area contributed by atoms with Crippen molar-refractivity contribution in [1.82, 2.24) is 20.4 Å². The van der Waals surface area contributed by atoms with E-state index in [0.717, 1.165) is 30.8 Å². The van der Waals surface area contributed by atoms with E-state index in [1.165, 1.54) is 7.11 Å². The lowest BCUT2D eigenvalue weighted by atomic mass is 9.81. The molecule has 0 atom stereocenters. The van der Waals surface area contributed by atoms with Crippen molar-refractivity contribution in [3.8, 4) is 11.8 Å². The Hall–Kier alpha value is -2.82. The molecule has 4 rings (SSSR count). The van der Waals surface area contributed by atoms with Crippen LogP contribution in [0, 0.1) is 0 Å². The third-order valence-electron chi connectivity index (χ3n) is 6.97. The maximum absolute atomic E-state index is 15.5. The van der Waals surface area contributed by atoms with E-state index in [1.807, 2.05) is 6.07 Å². The van der Waals surface area contributed by atoms with Crippen molar-refractivity contribution in [3.05, 3.63) is 35.2 Å². The quantitative estimate of drug-likeness (QED) is 0.523. The van der Waals surface area contributed by atoms with Gasteiger partial charge in [-0.3, -0.25) is 4.79 Å². The topological polar surface area (TPSA) is 89.7 Å². The molecule has 0 spiro atoms. The molecule has 3 heterocycles. The Morgan fingerprint density at radius 3 is 2.75 bits per heavy atom. The molecule has 198 valence electrons. The summed E-state index contributed by atoms with van der Waals surface area (Å²) in [5.74, 6) is 0.790. The van der Waals surface area contributed by atoms with Gasteiger partial charge >= 0.3 is 0 Å². The highest BCUT2D eigenvalue weighted by molar-refractivity contribution is 5.78. The molecule has 0 aromatic carbocycles. The lowest BCUT2D eigenvalue weighted by Gasteiger charge is -2.35. The zero-order chi connectivity index (χ0) is 25.5. The minimum atomic E-state index is -2.54. The minimum Gasteiger partial charge on any atom is -0.479 e. The van der Waals surface area contributed by atoms with Gasteiger partial charge in [-0.25, -0.2) is 18.2 Å². The summed E-state index contributed by atoms with van der Waals surface area (Å²) >= 11 is 0. The van der Waals surface area contributed by atoms with Crippen LogP contribution in [0.1, 0.15) is 49.1 Å². The Labute approximate surface area is 208 Å². The van der Waals surface area contributed by atoms with E-state index in [1.54, 1.807) is 12.1 Å². The highest BCUT2D eigenvalue weighted by Crippen LogP contribution is 2.35. The van der Waals surface area contributed by atoms with Crippen molar-refractivity contribution >= 4 is 5.91 Å². The fourth-order valence-corrected chi connectivity index (χ4v) is 4.86. The highest BCUT2D eigenvalue weighted by Gasteiger charge is 2.36. The van der Waals surface area contributed by atoms with E-state index < -0.39 is 18.7 Å². The van der Waals surface area contributed by atoms with Crippen LogP contribution in [0.3, 0.4) is 0 Å². The number of hydrogen-bond donors (Lipinski definition) is 1. The molecule has 1 aliphatic carbocycles. The Kier molecular flexibility index (Phi) is 8.71. The number of nitrogens with zero attached hydrogens (tertiary/aromatic N) is 3. The summed E-state index contributed by atoms with van der Waals surface area (Å²) in [5.41, 5.74) is 0.698. The maximum atomic E-state index is 15.5. The van der Waals surface area contributed by atoms with E-state index in [4.69, 9.17) is 14.0 Å². The van der Waals surface area contributed by atoms with Crippen LogP contribution in [-0.4, -0.2) is 72.4 Å². The Balaban J connectivity index is 1.19. The van der Waals surface area contributed by atoms with Gasteiger partial charge in [0.15, 0.2) is 6.61 Å². The molecule has 0 radical (unpaired) electrons. The number of alkyl halides is 3. The zero-order valence-corrected chi connectivity index (χ0v) is 20.5. The lowest BCUT2D eigenvalue weighted by Crippen LogP contribution is -2.43. The summed E-state index contributed by atoms with van der Waals surface area (Å²) in [4.78, 5) is 18.9. The summed E-state index contributed by atoms with van der Waals surface area (Å²) in [6, 6.07) is 5.04. The van der Waals surface area contributed by atoms with Crippen molar-refractivity contribution in [1.29, 1.82) is 0 Å². The number of halogens is 3. The van der Waals surface area contributed by atoms with Crippen molar-refractivity contribution in [2.45, 2.75) is 69.5 Å². The Morgan fingerprint density at radius 2 is 2.03 bits per heavy atom. The van der Waals surface area contributed by atoms with Crippen LogP contribution in [0.5, 0.6) is 11.8 Å². The maximum Gasteiger partial charge on any atom is 0.272 e. The van der Waals surface area contributed by atoms with E-state index in [9.17, 15) is 13.6 Å². The smallest absolute Gasteiger partial charge is 0.272 e. The molecule has 0 unspecified atom stereocenters. The molecule has 2 aromatic heterocycles. The van der Waals surface area contributed by atoms with Gasteiger partial charge in [0.2, 0.25) is 11.8 Å². The van der Waals surface area contributed by atoms with Crippen LogP contribution < -0.4 is 14.8 Å². The van der Waals surface area contributed by atoms with Gasteiger partial charge in [-0.05, 0) is 49.2 Å². The molecule has 0 saturated heterocycles. The first-order valence-corrected chi connectivity index (χ1v) is 12.4. The second-order valence-electron chi connectivity index (χ2n) is 9.55. The molecule has 1 N–H and O–H groups in total. The number of methoxy groups -OCH3 is 1. The molecule has 2 aromatic rings. The number of carbonyl (C=O) groups is 1. The predicted molar refractivity (Wildman–Crippen MR) is 125 cm³/mol. The number of aromatic nitrogens is 2. The van der Waals surface area contributed by atoms with Crippen LogP contribution in [0.15, 0.2) is 22.7 Å². The molecular formula is C25H33F3N4O4. The number of amides is 1. The second-order valence-corrected chi connectivity index (χ2v) is 9.55. The highest BCUT2D eigenvalue weighted by atomic mass is 19.3. The number of ether oxygens (including phenoxy) is 2. The van der Waals surface area contributed by atoms with Crippen molar-refractivity contribution in [2.24, 2.45) is 0 Å². The molecule has 36 heavy (non-hydrogen) atoms. The fraction of sp³-hybridized carbons (Fsp3) is 0.640. The first-order chi connectivity index (χ1) is 17.3. The first-order valence-electron chi connectivity index (χ1n) is 12.4. The third-order valence-corrected chi connectivity index (χ3v) is 6.97. The van der Waals surface area contributed by atoms with Crippen molar-refractivity contribution in [3.63, 3.8) is 0 Å². The number of rotatable bonds is 10. The standard InChI is InChI=1S/C25H33F3N4O4/c1-34-24-15-19(36-31-24)14-22(33)29-18-4-8-25(28,9-5-18)10-13-32-11-6-17-2-3-23(35-16-21(26)27)30-20(17)7-12-32/h2-3,15,18,21H,4-14,16H2,1H3,(H,29,33)/t18-,25+. The molecule has 2 aliphatic rings. The number of pyridine rings is 1. The molecule has 0 bridgehead atoms. The predicted octanol–water partition coefficient (Wildman–Crippen LogP) is 3.52. The van der Waals surface area contributed by atoms with Gasteiger partial charge in [-0.15, -0.1) is 0 Å². The summed E-state index contributed by atoms with van der Waals surface area (Å²) in [6.07, 6.45) is 1.44. The van der Waals surface area contributed by atoms with Gasteiger partial charge in [0.25, 0.3) is 12.3 Å². The van der Waals surface area contributed by atoms with Crippen molar-refractivity contribution in [2.75, 3.05) is 33.4 Å². The van der Waals surface area contributed by atoms with Crippen LogP contribution in [0.4, 0.5) is 13.2 Å². The second kappa shape index (κ2) is 11.9. The number of nitrogens with one attached hydrogen (secondary N) is 1. The summed E-state index contributed by atoms with van der Waals surface area (Å²) in [5, 5.41) is 6.65. The van der Waals surface area contributed by atoms with Gasteiger partial charge in [0, 0.05) is 49.9 Å².